The summed E-state index contributed by atoms with van der Waals surface area (Å²) in [5, 5.41) is 0. The lowest BCUT2D eigenvalue weighted by Gasteiger charge is -1.98. The van der Waals surface area contributed by atoms with Crippen LogP contribution in [0.2, 0.25) is 0 Å². The first-order valence-corrected chi connectivity index (χ1v) is 4.12. The first kappa shape index (κ1) is 7.93. The fourth-order valence-electron chi connectivity index (χ4n) is 0.594. The van der Waals surface area contributed by atoms with Gasteiger partial charge in [-0.05, 0) is 29.5 Å². The van der Waals surface area contributed by atoms with Crippen molar-refractivity contribution >= 4 is 40.8 Å². The van der Waals surface area contributed by atoms with Crippen molar-refractivity contribution in [2.75, 3.05) is 5.73 Å². The van der Waals surface area contributed by atoms with Gasteiger partial charge in [-0.15, -0.1) is 0 Å². The lowest BCUT2D eigenvalue weighted by molar-refractivity contribution is 1.08. The number of aromatic amines is 1. The predicted molar refractivity (Wildman–Crippen MR) is 51.3 cm³/mol. The maximum atomic E-state index is 5.39. The van der Waals surface area contributed by atoms with E-state index in [4.69, 9.17) is 18.0 Å². The zero-order valence-corrected chi connectivity index (χ0v) is 8.28. The molecular formula is C5H6IN3S. The molecule has 0 atom stereocenters. The summed E-state index contributed by atoms with van der Waals surface area (Å²) in [6, 6.07) is 0. The number of hydrogen-bond acceptors (Lipinski definition) is 3. The Bertz CT molecular complexity index is 306. The molecule has 1 heterocycles. The van der Waals surface area contributed by atoms with Gasteiger partial charge in [-0.1, -0.05) is 12.2 Å². The zero-order valence-electron chi connectivity index (χ0n) is 5.31. The van der Waals surface area contributed by atoms with Gasteiger partial charge in [0.2, 0.25) is 0 Å². The largest absolute Gasteiger partial charge is 0.369 e. The summed E-state index contributed by atoms with van der Waals surface area (Å²) < 4.78 is 1.52. The van der Waals surface area contributed by atoms with Crippen LogP contribution in [0.15, 0.2) is 0 Å². The van der Waals surface area contributed by atoms with E-state index in [2.05, 4.69) is 32.6 Å². The zero-order chi connectivity index (χ0) is 7.72. The van der Waals surface area contributed by atoms with Gasteiger partial charge < -0.3 is 10.7 Å². The van der Waals surface area contributed by atoms with Gasteiger partial charge in [-0.25, -0.2) is 4.98 Å². The van der Waals surface area contributed by atoms with Gasteiger partial charge in [0, 0.05) is 5.69 Å². The van der Waals surface area contributed by atoms with Crippen LogP contribution < -0.4 is 5.73 Å². The Morgan fingerprint density at radius 2 is 2.30 bits per heavy atom. The van der Waals surface area contributed by atoms with Crippen LogP contribution in [0.1, 0.15) is 5.69 Å². The summed E-state index contributed by atoms with van der Waals surface area (Å²) in [6.07, 6.45) is 0. The Morgan fingerprint density at radius 3 is 2.80 bits per heavy atom. The van der Waals surface area contributed by atoms with Crippen LogP contribution in [0.25, 0.3) is 0 Å². The quantitative estimate of drug-likeness (QED) is 0.555. The molecular weight excluding hydrogens is 261 g/mol. The van der Waals surface area contributed by atoms with Gasteiger partial charge in [0.05, 0.1) is 3.57 Å². The SMILES string of the molecule is Cc1[nH]c(N)nc(=S)c1I. The van der Waals surface area contributed by atoms with Crippen molar-refractivity contribution in [3.05, 3.63) is 13.9 Å². The molecule has 10 heavy (non-hydrogen) atoms. The van der Waals surface area contributed by atoms with Gasteiger partial charge in [0.25, 0.3) is 0 Å². The Balaban J connectivity index is 3.46. The first-order valence-electron chi connectivity index (χ1n) is 2.63. The highest BCUT2D eigenvalue weighted by Gasteiger charge is 1.97. The van der Waals surface area contributed by atoms with Crippen LogP contribution in [-0.2, 0) is 0 Å². The van der Waals surface area contributed by atoms with Crippen LogP contribution in [0.4, 0.5) is 5.95 Å². The number of aromatic nitrogens is 2. The number of nitrogen functional groups attached to an aromatic ring is 1. The third-order valence-corrected chi connectivity index (χ3v) is 3.04. The highest BCUT2D eigenvalue weighted by molar-refractivity contribution is 14.1. The Morgan fingerprint density at radius 1 is 1.70 bits per heavy atom. The molecule has 0 amide bonds. The van der Waals surface area contributed by atoms with E-state index >= 15 is 0 Å². The molecule has 0 aliphatic rings. The molecule has 54 valence electrons. The summed E-state index contributed by atoms with van der Waals surface area (Å²) >= 11 is 7.04. The Hall–Kier alpha value is -0.170. The fourth-order valence-corrected chi connectivity index (χ4v) is 1.10. The predicted octanol–water partition coefficient (Wildman–Crippen LogP) is 1.63. The van der Waals surface area contributed by atoms with Crippen LogP contribution >= 0.6 is 34.8 Å². The van der Waals surface area contributed by atoms with Crippen LogP contribution in [-0.4, -0.2) is 9.97 Å². The molecule has 0 aliphatic carbocycles. The van der Waals surface area contributed by atoms with Crippen molar-refractivity contribution in [1.29, 1.82) is 0 Å². The smallest absolute Gasteiger partial charge is 0.199 e. The normalized spacial score (nSPS) is 9.80. The third-order valence-electron chi connectivity index (χ3n) is 1.05. The number of nitrogens with zero attached hydrogens (tertiary/aromatic N) is 1. The van der Waals surface area contributed by atoms with E-state index < -0.39 is 0 Å². The van der Waals surface area contributed by atoms with E-state index in [0.29, 0.717) is 10.6 Å². The van der Waals surface area contributed by atoms with E-state index in [1.54, 1.807) is 0 Å². The second-order valence-electron chi connectivity index (χ2n) is 1.87. The van der Waals surface area contributed by atoms with Gasteiger partial charge >= 0.3 is 0 Å². The van der Waals surface area contributed by atoms with Crippen LogP contribution in [0, 0.1) is 15.1 Å². The highest BCUT2D eigenvalue weighted by Crippen LogP contribution is 2.09. The summed E-state index contributed by atoms with van der Waals surface area (Å²) in [4.78, 5) is 6.74. The molecule has 5 heteroatoms. The van der Waals surface area contributed by atoms with Crippen molar-refractivity contribution in [3.8, 4) is 0 Å². The van der Waals surface area contributed by atoms with Gasteiger partial charge in [0.15, 0.2) is 5.95 Å². The third kappa shape index (κ3) is 1.46. The standard InChI is InChI=1S/C5H6IN3S/c1-2-3(6)4(10)9-5(7)8-2/h1H3,(H3,7,8,9,10). The number of anilines is 1. The van der Waals surface area contributed by atoms with Crippen molar-refractivity contribution in [1.82, 2.24) is 9.97 Å². The molecule has 0 saturated carbocycles. The second kappa shape index (κ2) is 2.83. The summed E-state index contributed by atoms with van der Waals surface area (Å²) in [5.41, 5.74) is 6.36. The molecule has 3 N–H and O–H groups in total. The van der Waals surface area contributed by atoms with Crippen LogP contribution in [0.5, 0.6) is 0 Å². The molecule has 1 aromatic heterocycles. The maximum absolute atomic E-state index is 5.39. The lowest BCUT2D eigenvalue weighted by atomic mass is 10.5. The average Bonchev–Trinajstić information content (AvgIpc) is 1.82. The molecule has 0 bridgehead atoms. The van der Waals surface area contributed by atoms with Crippen molar-refractivity contribution in [2.24, 2.45) is 0 Å². The second-order valence-corrected chi connectivity index (χ2v) is 3.33. The summed E-state index contributed by atoms with van der Waals surface area (Å²) in [6.45, 7) is 1.91. The highest BCUT2D eigenvalue weighted by atomic mass is 127. The molecule has 3 nitrogen and oxygen atoms in total. The van der Waals surface area contributed by atoms with Gasteiger partial charge in [-0.2, -0.15) is 0 Å². The topological polar surface area (TPSA) is 54.7 Å². The average molecular weight is 267 g/mol. The summed E-state index contributed by atoms with van der Waals surface area (Å²) in [7, 11) is 0. The van der Waals surface area contributed by atoms with E-state index in [0.717, 1.165) is 9.26 Å². The number of hydrogen-bond donors (Lipinski definition) is 2. The monoisotopic (exact) mass is 267 g/mol. The Kier molecular flexibility index (Phi) is 2.24. The van der Waals surface area contributed by atoms with Gasteiger partial charge in [0.1, 0.15) is 4.64 Å². The molecule has 0 unspecified atom stereocenters. The fraction of sp³-hybridized carbons (Fsp3) is 0.200. The van der Waals surface area contributed by atoms with E-state index in [-0.39, 0.29) is 0 Å². The number of H-pyrrole nitrogens is 1. The minimum absolute atomic E-state index is 0.378. The number of halogens is 1. The molecule has 0 saturated heterocycles. The molecule has 1 aromatic rings. The number of nitrogens with one attached hydrogen (secondary N) is 1. The lowest BCUT2D eigenvalue weighted by Crippen LogP contribution is -1.98. The van der Waals surface area contributed by atoms with Gasteiger partial charge in [-0.3, -0.25) is 0 Å². The van der Waals surface area contributed by atoms with E-state index in [1.165, 1.54) is 0 Å². The van der Waals surface area contributed by atoms with Crippen LogP contribution in [0.3, 0.4) is 0 Å². The molecule has 0 aliphatic heterocycles. The van der Waals surface area contributed by atoms with Crippen molar-refractivity contribution in [2.45, 2.75) is 6.92 Å². The molecule has 1 rings (SSSR count). The minimum Gasteiger partial charge on any atom is -0.369 e. The number of rotatable bonds is 0. The van der Waals surface area contributed by atoms with Crippen molar-refractivity contribution in [3.63, 3.8) is 0 Å². The van der Waals surface area contributed by atoms with E-state index in [9.17, 15) is 0 Å². The first-order chi connectivity index (χ1) is 4.61. The number of nitrogens with two attached hydrogens (primary N) is 1. The van der Waals surface area contributed by atoms with E-state index in [1.807, 2.05) is 6.92 Å². The number of aryl methyl sites for hydroxylation is 1. The summed E-state index contributed by atoms with van der Waals surface area (Å²) in [5.74, 6) is 0.378. The Labute approximate surface area is 77.2 Å². The maximum Gasteiger partial charge on any atom is 0.199 e. The molecule has 0 spiro atoms. The molecule has 0 fully saturated rings. The minimum atomic E-state index is 0.378. The van der Waals surface area contributed by atoms with Crippen molar-refractivity contribution < 1.29 is 0 Å². The molecule has 0 aromatic carbocycles. The molecule has 0 radical (unpaired) electrons.